The Hall–Kier alpha value is -0.740. The molecule has 0 aliphatic carbocycles. The van der Waals surface area contributed by atoms with E-state index in [-0.39, 0.29) is 10.6 Å². The molecule has 0 bridgehead atoms. The van der Waals surface area contributed by atoms with E-state index >= 15 is 0 Å². The molecule has 5 heteroatoms. The number of halogens is 4. The Kier molecular flexibility index (Phi) is 3.39. The Bertz CT molecular complexity index is 328. The molecule has 0 fully saturated rings. The summed E-state index contributed by atoms with van der Waals surface area (Å²) in [4.78, 5) is 0. The first-order valence-corrected chi connectivity index (χ1v) is 4.35. The predicted octanol–water partition coefficient (Wildman–Crippen LogP) is 2.62. The fourth-order valence-corrected chi connectivity index (χ4v) is 1.23. The number of hydrogen-bond acceptors (Lipinski definition) is 1. The molecule has 0 aliphatic heterocycles. The second-order valence-corrected chi connectivity index (χ2v) is 3.33. The molecule has 0 spiro atoms. The van der Waals surface area contributed by atoms with E-state index in [0.717, 1.165) is 6.07 Å². The lowest BCUT2D eigenvalue weighted by molar-refractivity contribution is 0.0114. The molecule has 14 heavy (non-hydrogen) atoms. The fraction of sp³-hybridized carbons (Fsp3) is 0.333. The average molecular weight is 224 g/mol. The summed E-state index contributed by atoms with van der Waals surface area (Å²) in [6.07, 6.45) is -0.639. The van der Waals surface area contributed by atoms with E-state index in [4.69, 9.17) is 17.3 Å². The maximum Gasteiger partial charge on any atom is 0.264 e. The van der Waals surface area contributed by atoms with Gasteiger partial charge in [-0.3, -0.25) is 0 Å². The predicted molar refractivity (Wildman–Crippen MR) is 49.1 cm³/mol. The lowest BCUT2D eigenvalue weighted by Crippen LogP contribution is -2.30. The summed E-state index contributed by atoms with van der Waals surface area (Å²) in [5.41, 5.74) is 4.93. The SMILES string of the molecule is NCC(F)(F)Cc1cccc(F)c1Cl. The molecule has 2 N–H and O–H groups in total. The molecule has 0 heterocycles. The van der Waals surface area contributed by atoms with Crippen LogP contribution in [0.5, 0.6) is 0 Å². The van der Waals surface area contributed by atoms with Gasteiger partial charge in [0.05, 0.1) is 11.6 Å². The molecule has 1 aromatic carbocycles. The first-order chi connectivity index (χ1) is 6.46. The molecule has 1 aromatic rings. The fourth-order valence-electron chi connectivity index (χ4n) is 1.04. The van der Waals surface area contributed by atoms with Crippen LogP contribution >= 0.6 is 11.6 Å². The number of rotatable bonds is 3. The zero-order valence-electron chi connectivity index (χ0n) is 7.24. The second kappa shape index (κ2) is 4.19. The summed E-state index contributed by atoms with van der Waals surface area (Å²) in [7, 11) is 0. The normalized spacial score (nSPS) is 11.8. The van der Waals surface area contributed by atoms with Gasteiger partial charge in [0.25, 0.3) is 5.92 Å². The van der Waals surface area contributed by atoms with E-state index in [0.29, 0.717) is 0 Å². The van der Waals surface area contributed by atoms with Gasteiger partial charge in [0.1, 0.15) is 5.82 Å². The zero-order chi connectivity index (χ0) is 10.8. The molecular weight excluding hydrogens is 215 g/mol. The van der Waals surface area contributed by atoms with Gasteiger partial charge < -0.3 is 5.73 Å². The van der Waals surface area contributed by atoms with E-state index in [9.17, 15) is 13.2 Å². The van der Waals surface area contributed by atoms with Gasteiger partial charge in [-0.25, -0.2) is 13.2 Å². The Labute approximate surface area is 84.7 Å². The van der Waals surface area contributed by atoms with Gasteiger partial charge in [0.2, 0.25) is 0 Å². The lowest BCUT2D eigenvalue weighted by Gasteiger charge is -2.14. The van der Waals surface area contributed by atoms with Crippen molar-refractivity contribution < 1.29 is 13.2 Å². The smallest absolute Gasteiger partial charge is 0.264 e. The molecule has 0 atom stereocenters. The van der Waals surface area contributed by atoms with Gasteiger partial charge in [-0.15, -0.1) is 0 Å². The zero-order valence-corrected chi connectivity index (χ0v) is 7.99. The van der Waals surface area contributed by atoms with Crippen LogP contribution in [0.3, 0.4) is 0 Å². The summed E-state index contributed by atoms with van der Waals surface area (Å²) < 4.78 is 38.5. The molecule has 0 radical (unpaired) electrons. The van der Waals surface area contributed by atoms with Crippen LogP contribution in [0.2, 0.25) is 5.02 Å². The molecule has 0 saturated heterocycles. The van der Waals surface area contributed by atoms with Crippen molar-refractivity contribution >= 4 is 11.6 Å². The number of hydrogen-bond donors (Lipinski definition) is 1. The second-order valence-electron chi connectivity index (χ2n) is 2.95. The van der Waals surface area contributed by atoms with E-state index in [1.54, 1.807) is 0 Å². The molecule has 0 aromatic heterocycles. The largest absolute Gasteiger partial charge is 0.325 e. The molecule has 0 aliphatic rings. The van der Waals surface area contributed by atoms with Crippen LogP contribution < -0.4 is 5.73 Å². The third kappa shape index (κ3) is 2.62. The Morgan fingerprint density at radius 1 is 1.36 bits per heavy atom. The quantitative estimate of drug-likeness (QED) is 0.838. The summed E-state index contributed by atoms with van der Waals surface area (Å²) in [5.74, 6) is -3.74. The minimum absolute atomic E-state index is 0.0714. The van der Waals surface area contributed by atoms with Crippen molar-refractivity contribution in [2.24, 2.45) is 5.73 Å². The molecule has 1 rings (SSSR count). The van der Waals surface area contributed by atoms with Crippen LogP contribution in [0.25, 0.3) is 0 Å². The first kappa shape index (κ1) is 11.3. The van der Waals surface area contributed by atoms with Gasteiger partial charge in [0.15, 0.2) is 0 Å². The molecule has 0 saturated carbocycles. The van der Waals surface area contributed by atoms with Gasteiger partial charge in [0, 0.05) is 6.42 Å². The topological polar surface area (TPSA) is 26.0 Å². The van der Waals surface area contributed by atoms with E-state index < -0.39 is 24.7 Å². The van der Waals surface area contributed by atoms with Gasteiger partial charge >= 0.3 is 0 Å². The number of benzene rings is 1. The Morgan fingerprint density at radius 3 is 2.57 bits per heavy atom. The third-order valence-corrected chi connectivity index (χ3v) is 2.20. The maximum absolute atomic E-state index is 12.9. The van der Waals surface area contributed by atoms with Crippen molar-refractivity contribution in [3.05, 3.63) is 34.6 Å². The highest BCUT2D eigenvalue weighted by Gasteiger charge is 2.28. The summed E-state index contributed by atoms with van der Waals surface area (Å²) in [6.45, 7) is -0.778. The van der Waals surface area contributed by atoms with Gasteiger partial charge in [-0.05, 0) is 11.6 Å². The Morgan fingerprint density at radius 2 is 2.00 bits per heavy atom. The highest BCUT2D eigenvalue weighted by Crippen LogP contribution is 2.26. The first-order valence-electron chi connectivity index (χ1n) is 3.97. The van der Waals surface area contributed by atoms with Gasteiger partial charge in [-0.1, -0.05) is 23.7 Å². The third-order valence-electron chi connectivity index (χ3n) is 1.78. The monoisotopic (exact) mass is 223 g/mol. The van der Waals surface area contributed by atoms with Crippen LogP contribution in [-0.4, -0.2) is 12.5 Å². The van der Waals surface area contributed by atoms with E-state index in [1.165, 1.54) is 12.1 Å². The minimum Gasteiger partial charge on any atom is -0.325 e. The highest BCUT2D eigenvalue weighted by molar-refractivity contribution is 6.31. The summed E-state index contributed by atoms with van der Waals surface area (Å²) in [6, 6.07) is 3.81. The van der Waals surface area contributed by atoms with E-state index in [1.807, 2.05) is 0 Å². The molecule has 78 valence electrons. The average Bonchev–Trinajstić information content (AvgIpc) is 2.13. The van der Waals surface area contributed by atoms with Crippen molar-refractivity contribution in [3.63, 3.8) is 0 Å². The lowest BCUT2D eigenvalue weighted by atomic mass is 10.1. The van der Waals surface area contributed by atoms with Crippen LogP contribution in [0, 0.1) is 5.82 Å². The molecule has 0 amide bonds. The van der Waals surface area contributed by atoms with Crippen molar-refractivity contribution in [3.8, 4) is 0 Å². The standard InChI is InChI=1S/C9H9ClF3N/c10-8-6(2-1-3-7(8)11)4-9(12,13)5-14/h1-3H,4-5,14H2. The minimum atomic E-state index is -3.04. The van der Waals surface area contributed by atoms with Crippen molar-refractivity contribution in [2.75, 3.05) is 6.54 Å². The van der Waals surface area contributed by atoms with Crippen molar-refractivity contribution in [2.45, 2.75) is 12.3 Å². The van der Waals surface area contributed by atoms with Gasteiger partial charge in [-0.2, -0.15) is 0 Å². The molecule has 0 unspecified atom stereocenters. The van der Waals surface area contributed by atoms with Crippen LogP contribution in [0.1, 0.15) is 5.56 Å². The molecule has 1 nitrogen and oxygen atoms in total. The van der Waals surface area contributed by atoms with Crippen LogP contribution in [-0.2, 0) is 6.42 Å². The van der Waals surface area contributed by atoms with Crippen LogP contribution in [0.4, 0.5) is 13.2 Å². The van der Waals surface area contributed by atoms with Crippen molar-refractivity contribution in [1.82, 2.24) is 0 Å². The van der Waals surface area contributed by atoms with Crippen molar-refractivity contribution in [1.29, 1.82) is 0 Å². The summed E-state index contributed by atoms with van der Waals surface area (Å²) in [5, 5.41) is -0.263. The maximum atomic E-state index is 12.9. The van der Waals surface area contributed by atoms with E-state index in [2.05, 4.69) is 0 Å². The summed E-state index contributed by atoms with van der Waals surface area (Å²) >= 11 is 5.51. The van der Waals surface area contributed by atoms with Crippen LogP contribution in [0.15, 0.2) is 18.2 Å². The number of nitrogens with two attached hydrogens (primary N) is 1. The number of alkyl halides is 2. The Balaban J connectivity index is 2.92. The molecular formula is C9H9ClF3N. The highest BCUT2D eigenvalue weighted by atomic mass is 35.5.